The Hall–Kier alpha value is -4.18. The molecule has 0 radical (unpaired) electrons. The number of aryl methyl sites for hydroxylation is 2. The number of rotatable bonds is 10. The number of nitro groups is 1. The summed E-state index contributed by atoms with van der Waals surface area (Å²) in [7, 11) is 0. The number of anilines is 1. The van der Waals surface area contributed by atoms with Crippen LogP contribution in [-0.2, 0) is 9.59 Å². The molecule has 0 aliphatic rings. The van der Waals surface area contributed by atoms with Crippen molar-refractivity contribution >= 4 is 41.2 Å². The van der Waals surface area contributed by atoms with E-state index in [1.54, 1.807) is 36.4 Å². The number of ether oxygens (including phenoxy) is 1. The fraction of sp³-hybridized carbons (Fsp3) is 0.160. The van der Waals surface area contributed by atoms with Gasteiger partial charge in [-0.05, 0) is 66.9 Å². The summed E-state index contributed by atoms with van der Waals surface area (Å²) >= 11 is 1.24. The number of nitrogens with one attached hydrogen (secondary N) is 2. The maximum atomic E-state index is 12.2. The number of hydrogen-bond donors (Lipinski definition) is 2. The second-order valence-corrected chi connectivity index (χ2v) is 8.59. The lowest BCUT2D eigenvalue weighted by Gasteiger charge is -2.09. The quantitative estimate of drug-likeness (QED) is 0.186. The Morgan fingerprint density at radius 2 is 1.80 bits per heavy atom. The molecule has 0 heterocycles. The van der Waals surface area contributed by atoms with Crippen LogP contribution in [0.4, 0.5) is 11.4 Å². The third-order valence-electron chi connectivity index (χ3n) is 4.84. The number of benzene rings is 3. The fourth-order valence-corrected chi connectivity index (χ4v) is 3.56. The minimum atomic E-state index is -0.475. The van der Waals surface area contributed by atoms with Crippen LogP contribution in [0.3, 0.4) is 0 Å². The molecule has 0 aliphatic carbocycles. The number of nitro benzene ring substituents is 1. The zero-order valence-electron chi connectivity index (χ0n) is 19.2. The molecule has 0 saturated carbocycles. The Bertz CT molecular complexity index is 1240. The molecule has 180 valence electrons. The van der Waals surface area contributed by atoms with E-state index in [2.05, 4.69) is 15.8 Å². The summed E-state index contributed by atoms with van der Waals surface area (Å²) in [6.07, 6.45) is 1.47. The van der Waals surface area contributed by atoms with E-state index in [-0.39, 0.29) is 29.9 Å². The molecule has 0 saturated heterocycles. The highest BCUT2D eigenvalue weighted by Crippen LogP contribution is 2.21. The van der Waals surface area contributed by atoms with Crippen LogP contribution in [0.25, 0.3) is 0 Å². The van der Waals surface area contributed by atoms with E-state index in [0.29, 0.717) is 17.0 Å². The lowest BCUT2D eigenvalue weighted by Crippen LogP contribution is -2.20. The summed E-state index contributed by atoms with van der Waals surface area (Å²) in [5, 5.41) is 17.4. The van der Waals surface area contributed by atoms with Crippen molar-refractivity contribution in [3.8, 4) is 5.75 Å². The highest BCUT2D eigenvalue weighted by atomic mass is 32.2. The van der Waals surface area contributed by atoms with Crippen molar-refractivity contribution in [1.82, 2.24) is 5.43 Å². The maximum Gasteiger partial charge on any atom is 0.269 e. The second-order valence-electron chi connectivity index (χ2n) is 7.54. The SMILES string of the molecule is Cc1ccc(NC(=O)COc2cccc(/C=N\NC(=O)CSc3ccc([N+](=O)[O-])cc3)c2)cc1C. The van der Waals surface area contributed by atoms with Crippen LogP contribution in [0.1, 0.15) is 16.7 Å². The van der Waals surface area contributed by atoms with Crippen LogP contribution in [0, 0.1) is 24.0 Å². The van der Waals surface area contributed by atoms with Gasteiger partial charge in [0, 0.05) is 22.7 Å². The van der Waals surface area contributed by atoms with Gasteiger partial charge in [0.25, 0.3) is 11.6 Å². The van der Waals surface area contributed by atoms with Crippen LogP contribution < -0.4 is 15.5 Å². The first-order valence-corrected chi connectivity index (χ1v) is 11.6. The van der Waals surface area contributed by atoms with Gasteiger partial charge in [0.05, 0.1) is 16.9 Å². The first-order chi connectivity index (χ1) is 16.8. The van der Waals surface area contributed by atoms with E-state index in [0.717, 1.165) is 16.0 Å². The molecule has 0 aliphatic heterocycles. The van der Waals surface area contributed by atoms with Gasteiger partial charge in [0.15, 0.2) is 6.61 Å². The maximum absolute atomic E-state index is 12.2. The average Bonchev–Trinajstić information content (AvgIpc) is 2.84. The molecule has 35 heavy (non-hydrogen) atoms. The Morgan fingerprint density at radius 1 is 1.03 bits per heavy atom. The van der Waals surface area contributed by atoms with Gasteiger partial charge < -0.3 is 10.1 Å². The zero-order valence-corrected chi connectivity index (χ0v) is 20.0. The molecular formula is C25H24N4O5S. The van der Waals surface area contributed by atoms with Crippen molar-refractivity contribution in [2.75, 3.05) is 17.7 Å². The van der Waals surface area contributed by atoms with Crippen LogP contribution in [-0.4, -0.2) is 35.3 Å². The zero-order chi connectivity index (χ0) is 25.2. The summed E-state index contributed by atoms with van der Waals surface area (Å²) in [4.78, 5) is 35.1. The van der Waals surface area contributed by atoms with E-state index in [9.17, 15) is 19.7 Å². The molecule has 0 atom stereocenters. The average molecular weight is 493 g/mol. The van der Waals surface area contributed by atoms with Gasteiger partial charge in [-0.15, -0.1) is 11.8 Å². The number of thioether (sulfide) groups is 1. The van der Waals surface area contributed by atoms with Crippen LogP contribution in [0.5, 0.6) is 5.75 Å². The molecule has 3 aromatic carbocycles. The van der Waals surface area contributed by atoms with Crippen molar-refractivity contribution in [3.05, 3.63) is 93.5 Å². The Kier molecular flexibility index (Phi) is 8.96. The lowest BCUT2D eigenvalue weighted by molar-refractivity contribution is -0.384. The smallest absolute Gasteiger partial charge is 0.269 e. The second kappa shape index (κ2) is 12.3. The van der Waals surface area contributed by atoms with Crippen molar-refractivity contribution in [2.45, 2.75) is 18.7 Å². The topological polar surface area (TPSA) is 123 Å². The third kappa shape index (κ3) is 8.27. The van der Waals surface area contributed by atoms with E-state index >= 15 is 0 Å². The predicted molar refractivity (Wildman–Crippen MR) is 136 cm³/mol. The van der Waals surface area contributed by atoms with Gasteiger partial charge in [-0.1, -0.05) is 18.2 Å². The lowest BCUT2D eigenvalue weighted by atomic mass is 10.1. The molecule has 3 rings (SSSR count). The van der Waals surface area contributed by atoms with Crippen LogP contribution in [0.2, 0.25) is 0 Å². The number of carbonyl (C=O) groups is 2. The number of hydrazone groups is 1. The van der Waals surface area contributed by atoms with E-state index in [1.807, 2.05) is 32.0 Å². The Morgan fingerprint density at radius 3 is 2.51 bits per heavy atom. The largest absolute Gasteiger partial charge is 0.484 e. The monoisotopic (exact) mass is 492 g/mol. The number of non-ortho nitro benzene ring substituents is 1. The summed E-state index contributed by atoms with van der Waals surface area (Å²) < 4.78 is 5.57. The van der Waals surface area contributed by atoms with Crippen molar-refractivity contribution in [3.63, 3.8) is 0 Å². The molecule has 0 spiro atoms. The predicted octanol–water partition coefficient (Wildman–Crippen LogP) is 4.47. The summed E-state index contributed by atoms with van der Waals surface area (Å²) in [6, 6.07) is 18.6. The van der Waals surface area contributed by atoms with Crippen LogP contribution >= 0.6 is 11.8 Å². The van der Waals surface area contributed by atoms with Crippen LogP contribution in [0.15, 0.2) is 76.7 Å². The van der Waals surface area contributed by atoms with Gasteiger partial charge in [0.1, 0.15) is 5.75 Å². The minimum absolute atomic E-state index is 0.00316. The highest BCUT2D eigenvalue weighted by molar-refractivity contribution is 8.00. The van der Waals surface area contributed by atoms with Crippen molar-refractivity contribution < 1.29 is 19.2 Å². The molecule has 2 N–H and O–H groups in total. The van der Waals surface area contributed by atoms with Crippen molar-refractivity contribution in [2.24, 2.45) is 5.10 Å². The molecule has 0 bridgehead atoms. The molecule has 2 amide bonds. The van der Waals surface area contributed by atoms with E-state index in [1.165, 1.54) is 30.1 Å². The third-order valence-corrected chi connectivity index (χ3v) is 5.85. The number of amides is 2. The molecule has 10 heteroatoms. The van der Waals surface area contributed by atoms with Gasteiger partial charge >= 0.3 is 0 Å². The fourth-order valence-electron chi connectivity index (χ4n) is 2.87. The molecular weight excluding hydrogens is 468 g/mol. The minimum Gasteiger partial charge on any atom is -0.484 e. The molecule has 0 aromatic heterocycles. The number of nitrogens with zero attached hydrogens (tertiary/aromatic N) is 2. The molecule has 3 aromatic rings. The summed E-state index contributed by atoms with van der Waals surface area (Å²) in [6.45, 7) is 3.84. The molecule has 9 nitrogen and oxygen atoms in total. The van der Waals surface area contributed by atoms with Gasteiger partial charge in [-0.2, -0.15) is 5.10 Å². The first-order valence-electron chi connectivity index (χ1n) is 10.6. The van der Waals surface area contributed by atoms with Crippen molar-refractivity contribution in [1.29, 1.82) is 0 Å². The highest BCUT2D eigenvalue weighted by Gasteiger charge is 2.07. The summed E-state index contributed by atoms with van der Waals surface area (Å²) in [5.41, 5.74) is 6.06. The van der Waals surface area contributed by atoms with E-state index in [4.69, 9.17) is 4.74 Å². The Balaban J connectivity index is 1.43. The normalized spacial score (nSPS) is 10.7. The first kappa shape index (κ1) is 25.4. The summed E-state index contributed by atoms with van der Waals surface area (Å²) in [5.74, 6) is 0.00264. The Labute approximate surface area is 206 Å². The number of carbonyl (C=O) groups excluding carboxylic acids is 2. The molecule has 0 fully saturated rings. The van der Waals surface area contributed by atoms with Gasteiger partial charge in [-0.3, -0.25) is 19.7 Å². The van der Waals surface area contributed by atoms with E-state index < -0.39 is 4.92 Å². The van der Waals surface area contributed by atoms with Gasteiger partial charge in [0.2, 0.25) is 5.91 Å². The van der Waals surface area contributed by atoms with Gasteiger partial charge in [-0.25, -0.2) is 5.43 Å². The number of hydrogen-bond acceptors (Lipinski definition) is 7. The standard InChI is InChI=1S/C25H24N4O5S/c1-17-6-7-20(12-18(17)2)27-24(30)15-34-22-5-3-4-19(13-22)14-26-28-25(31)16-35-23-10-8-21(9-11-23)29(32)33/h3-14H,15-16H2,1-2H3,(H,27,30)(H,28,31)/b26-14-. The molecule has 0 unspecified atom stereocenters.